The van der Waals surface area contributed by atoms with E-state index >= 15 is 0 Å². The average Bonchev–Trinajstić information content (AvgIpc) is 3.04. The molecule has 0 saturated carbocycles. The van der Waals surface area contributed by atoms with Crippen LogP contribution >= 0.6 is 23.6 Å². The van der Waals surface area contributed by atoms with Crippen molar-refractivity contribution in [1.82, 2.24) is 15.6 Å². The number of rotatable bonds is 4. The van der Waals surface area contributed by atoms with Gasteiger partial charge in [0.2, 0.25) is 5.91 Å². The van der Waals surface area contributed by atoms with Crippen LogP contribution in [0.25, 0.3) is 20.8 Å². The highest BCUT2D eigenvalue weighted by Gasteiger charge is 2.09. The summed E-state index contributed by atoms with van der Waals surface area (Å²) in [6, 6.07) is 16.3. The molecule has 0 aliphatic carbocycles. The van der Waals surface area contributed by atoms with E-state index in [0.717, 1.165) is 21.7 Å². The minimum Gasteiger partial charge on any atom is -0.358 e. The Balaban J connectivity index is 1.62. The van der Waals surface area contributed by atoms with E-state index in [0.29, 0.717) is 11.7 Å². The van der Waals surface area contributed by atoms with Gasteiger partial charge in [0.05, 0.1) is 10.2 Å². The highest BCUT2D eigenvalue weighted by molar-refractivity contribution is 7.80. The van der Waals surface area contributed by atoms with E-state index in [2.05, 4.69) is 33.8 Å². The second-order valence-corrected chi connectivity index (χ2v) is 7.45. The number of thiazole rings is 1. The predicted octanol–water partition coefficient (Wildman–Crippen LogP) is 4.11. The van der Waals surface area contributed by atoms with Crippen molar-refractivity contribution in [3.63, 3.8) is 0 Å². The van der Waals surface area contributed by atoms with Gasteiger partial charge in [-0.2, -0.15) is 0 Å². The van der Waals surface area contributed by atoms with Crippen molar-refractivity contribution in [3.8, 4) is 10.6 Å². The molecule has 6 heteroatoms. The number of fused-ring (bicyclic) bond motifs is 1. The third-order valence-electron chi connectivity index (χ3n) is 3.71. The Morgan fingerprint density at radius 2 is 1.88 bits per heavy atom. The highest BCUT2D eigenvalue weighted by Crippen LogP contribution is 2.29. The molecule has 4 nitrogen and oxygen atoms in total. The first kappa shape index (κ1) is 17.5. The number of benzene rings is 2. The second-order valence-electron chi connectivity index (χ2n) is 6.01. The number of carbonyl (C=O) groups is 1. The fraction of sp³-hybridized carbons (Fsp3) is 0.211. The molecule has 0 unspecified atom stereocenters. The number of para-hydroxylation sites is 1. The summed E-state index contributed by atoms with van der Waals surface area (Å²) >= 11 is 6.83. The number of hydrogen-bond acceptors (Lipinski definition) is 4. The summed E-state index contributed by atoms with van der Waals surface area (Å²) in [4.78, 5) is 16.3. The van der Waals surface area contributed by atoms with Gasteiger partial charge in [-0.25, -0.2) is 4.98 Å². The molecule has 0 bridgehead atoms. The van der Waals surface area contributed by atoms with Crippen molar-refractivity contribution in [2.24, 2.45) is 5.92 Å². The van der Waals surface area contributed by atoms with Gasteiger partial charge < -0.3 is 10.6 Å². The molecule has 2 aromatic carbocycles. The summed E-state index contributed by atoms with van der Waals surface area (Å²) in [6.07, 6.45) is 0. The fourth-order valence-electron chi connectivity index (χ4n) is 2.24. The van der Waals surface area contributed by atoms with Gasteiger partial charge in [0.1, 0.15) is 5.01 Å². The molecule has 3 rings (SSSR count). The monoisotopic (exact) mass is 369 g/mol. The maximum absolute atomic E-state index is 11.6. The maximum Gasteiger partial charge on any atom is 0.228 e. The first-order chi connectivity index (χ1) is 12.0. The van der Waals surface area contributed by atoms with E-state index in [1.807, 2.05) is 44.2 Å². The van der Waals surface area contributed by atoms with E-state index < -0.39 is 0 Å². The van der Waals surface area contributed by atoms with Crippen molar-refractivity contribution in [1.29, 1.82) is 0 Å². The third-order valence-corrected chi connectivity index (χ3v) is 5.04. The van der Waals surface area contributed by atoms with Crippen LogP contribution in [0.2, 0.25) is 0 Å². The van der Waals surface area contributed by atoms with Crippen LogP contribution in [0.1, 0.15) is 19.4 Å². The smallest absolute Gasteiger partial charge is 0.228 e. The van der Waals surface area contributed by atoms with Crippen LogP contribution in [0.5, 0.6) is 0 Å². The van der Waals surface area contributed by atoms with Gasteiger partial charge >= 0.3 is 0 Å². The normalized spacial score (nSPS) is 10.8. The molecule has 0 aliphatic rings. The number of hydrogen-bond donors (Lipinski definition) is 2. The molecule has 3 aromatic rings. The van der Waals surface area contributed by atoms with E-state index in [4.69, 9.17) is 12.2 Å². The van der Waals surface area contributed by atoms with E-state index in [1.165, 1.54) is 4.70 Å². The summed E-state index contributed by atoms with van der Waals surface area (Å²) in [6.45, 7) is 4.23. The minimum absolute atomic E-state index is 0.0799. The minimum atomic E-state index is -0.0900. The van der Waals surface area contributed by atoms with Gasteiger partial charge in [-0.1, -0.05) is 50.2 Å². The van der Waals surface area contributed by atoms with Crippen molar-refractivity contribution < 1.29 is 4.79 Å². The first-order valence-electron chi connectivity index (χ1n) is 8.06. The second kappa shape index (κ2) is 7.72. The van der Waals surface area contributed by atoms with Crippen LogP contribution in [-0.2, 0) is 11.3 Å². The zero-order chi connectivity index (χ0) is 17.8. The summed E-state index contributed by atoms with van der Waals surface area (Å²) < 4.78 is 1.19. The van der Waals surface area contributed by atoms with Crippen LogP contribution in [0.3, 0.4) is 0 Å². The lowest BCUT2D eigenvalue weighted by Gasteiger charge is -2.11. The molecule has 0 saturated heterocycles. The lowest BCUT2D eigenvalue weighted by molar-refractivity contribution is -0.122. The lowest BCUT2D eigenvalue weighted by atomic mass is 10.1. The number of aromatic nitrogens is 1. The summed E-state index contributed by atoms with van der Waals surface area (Å²) in [5.41, 5.74) is 3.21. The predicted molar refractivity (Wildman–Crippen MR) is 107 cm³/mol. The molecule has 0 radical (unpaired) electrons. The summed E-state index contributed by atoms with van der Waals surface area (Å²) in [5.74, 6) is -0.170. The van der Waals surface area contributed by atoms with E-state index in [9.17, 15) is 4.79 Å². The topological polar surface area (TPSA) is 54.0 Å². The summed E-state index contributed by atoms with van der Waals surface area (Å²) in [7, 11) is 0. The van der Waals surface area contributed by atoms with Gasteiger partial charge in [0.15, 0.2) is 5.11 Å². The molecule has 2 N–H and O–H groups in total. The average molecular weight is 370 g/mol. The van der Waals surface area contributed by atoms with Crippen molar-refractivity contribution in [2.45, 2.75) is 20.4 Å². The highest BCUT2D eigenvalue weighted by atomic mass is 32.1. The Kier molecular flexibility index (Phi) is 5.40. The number of nitrogens with zero attached hydrogens (tertiary/aromatic N) is 1. The molecule has 0 aliphatic heterocycles. The fourth-order valence-corrected chi connectivity index (χ4v) is 3.39. The molecular formula is C19H19N3OS2. The largest absolute Gasteiger partial charge is 0.358 e. The van der Waals surface area contributed by atoms with E-state index in [1.54, 1.807) is 11.3 Å². The Morgan fingerprint density at radius 1 is 1.16 bits per heavy atom. The lowest BCUT2D eigenvalue weighted by Crippen LogP contribution is -2.40. The molecule has 1 heterocycles. The summed E-state index contributed by atoms with van der Waals surface area (Å²) in [5, 5.41) is 7.10. The Bertz CT molecular complexity index is 867. The quantitative estimate of drug-likeness (QED) is 0.680. The van der Waals surface area contributed by atoms with Crippen molar-refractivity contribution in [2.75, 3.05) is 0 Å². The SMILES string of the molecule is CC(C)C(=O)NC(=S)NCc1ccc(-c2nc3ccccc3s2)cc1. The first-order valence-corrected chi connectivity index (χ1v) is 9.29. The Morgan fingerprint density at radius 3 is 2.56 bits per heavy atom. The molecule has 0 atom stereocenters. The number of amides is 1. The standard InChI is InChI=1S/C19H19N3OS2/c1-12(2)17(23)22-19(24)20-11-13-7-9-14(10-8-13)18-21-15-5-3-4-6-16(15)25-18/h3-10,12H,11H2,1-2H3,(H2,20,22,23,24). The molecule has 1 amide bonds. The molecule has 0 spiro atoms. The molecule has 128 valence electrons. The maximum atomic E-state index is 11.6. The van der Waals surface area contributed by atoms with Crippen molar-refractivity contribution in [3.05, 3.63) is 54.1 Å². The number of nitrogens with one attached hydrogen (secondary N) is 2. The van der Waals surface area contributed by atoms with Crippen LogP contribution in [0.4, 0.5) is 0 Å². The van der Waals surface area contributed by atoms with Crippen LogP contribution in [0, 0.1) is 5.92 Å². The Labute approximate surface area is 156 Å². The van der Waals surface area contributed by atoms with E-state index in [-0.39, 0.29) is 11.8 Å². The Hall–Kier alpha value is -2.31. The van der Waals surface area contributed by atoms with Gasteiger partial charge in [-0.15, -0.1) is 11.3 Å². The third kappa shape index (κ3) is 4.41. The molecule has 1 aromatic heterocycles. The van der Waals surface area contributed by atoms with Crippen LogP contribution in [-0.4, -0.2) is 16.0 Å². The van der Waals surface area contributed by atoms with Gasteiger partial charge in [0.25, 0.3) is 0 Å². The number of carbonyl (C=O) groups excluding carboxylic acids is 1. The zero-order valence-corrected chi connectivity index (χ0v) is 15.7. The molecule has 0 fully saturated rings. The van der Waals surface area contributed by atoms with Gasteiger partial charge in [-0.05, 0) is 29.9 Å². The van der Waals surface area contributed by atoms with Gasteiger partial charge in [-0.3, -0.25) is 4.79 Å². The molecule has 25 heavy (non-hydrogen) atoms. The van der Waals surface area contributed by atoms with Crippen LogP contribution in [0.15, 0.2) is 48.5 Å². The van der Waals surface area contributed by atoms with Crippen LogP contribution < -0.4 is 10.6 Å². The zero-order valence-electron chi connectivity index (χ0n) is 14.1. The number of thiocarbonyl (C=S) groups is 1. The molecular weight excluding hydrogens is 350 g/mol. The van der Waals surface area contributed by atoms with Crippen molar-refractivity contribution >= 4 is 44.8 Å². The van der Waals surface area contributed by atoms with Gasteiger partial charge in [0, 0.05) is 18.0 Å².